The molecule has 1 amide bonds. The number of para-hydroxylation sites is 3. The molecule has 0 fully saturated rings. The summed E-state index contributed by atoms with van der Waals surface area (Å²) in [6, 6.07) is 23.7. The number of hydrogen-bond acceptors (Lipinski definition) is 6. The molecule has 0 unspecified atom stereocenters. The molecular formula is C29H20FN3O5. The Balaban J connectivity index is 1.39. The minimum atomic E-state index is -0.808. The normalized spacial score (nSPS) is 11.1. The molecule has 9 heteroatoms. The van der Waals surface area contributed by atoms with Crippen molar-refractivity contribution < 1.29 is 23.1 Å². The highest BCUT2D eigenvalue weighted by Gasteiger charge is 2.17. The first-order chi connectivity index (χ1) is 18.5. The summed E-state index contributed by atoms with van der Waals surface area (Å²) in [5, 5.41) is 7.63. The molecular weight excluding hydrogens is 489 g/mol. The van der Waals surface area contributed by atoms with Crippen molar-refractivity contribution in [3.63, 3.8) is 0 Å². The van der Waals surface area contributed by atoms with Crippen LogP contribution in [0.1, 0.15) is 5.56 Å². The lowest BCUT2D eigenvalue weighted by molar-refractivity contribution is -0.142. The Kier molecular flexibility index (Phi) is 6.90. The van der Waals surface area contributed by atoms with Crippen LogP contribution in [0.4, 0.5) is 10.1 Å². The Morgan fingerprint density at radius 2 is 1.74 bits per heavy atom. The maximum Gasteiger partial charge on any atom is 0.345 e. The smallest absolute Gasteiger partial charge is 0.345 e. The fourth-order valence-electron chi connectivity index (χ4n) is 3.75. The van der Waals surface area contributed by atoms with Gasteiger partial charge in [-0.25, -0.2) is 18.7 Å². The first kappa shape index (κ1) is 24.4. The molecule has 1 N–H and O–H groups in total. The number of esters is 1. The molecule has 0 saturated carbocycles. The van der Waals surface area contributed by atoms with Gasteiger partial charge in [-0.05, 0) is 42.5 Å². The third-order valence-corrected chi connectivity index (χ3v) is 5.55. The van der Waals surface area contributed by atoms with Gasteiger partial charge < -0.3 is 14.5 Å². The van der Waals surface area contributed by atoms with E-state index in [1.807, 2.05) is 42.5 Å². The van der Waals surface area contributed by atoms with Crippen molar-refractivity contribution in [2.75, 3.05) is 11.9 Å². The van der Waals surface area contributed by atoms with Crippen molar-refractivity contribution in [2.24, 2.45) is 0 Å². The van der Waals surface area contributed by atoms with Crippen LogP contribution in [0.2, 0.25) is 0 Å². The predicted octanol–water partition coefficient (Wildman–Crippen LogP) is 4.98. The predicted molar refractivity (Wildman–Crippen MR) is 140 cm³/mol. The van der Waals surface area contributed by atoms with Gasteiger partial charge >= 0.3 is 11.6 Å². The number of ether oxygens (including phenoxy) is 1. The van der Waals surface area contributed by atoms with E-state index in [9.17, 15) is 18.8 Å². The van der Waals surface area contributed by atoms with E-state index >= 15 is 0 Å². The average molecular weight is 509 g/mol. The first-order valence-corrected chi connectivity index (χ1v) is 11.6. The zero-order valence-electron chi connectivity index (χ0n) is 19.8. The van der Waals surface area contributed by atoms with Gasteiger partial charge in [0.05, 0.1) is 16.9 Å². The second-order valence-electron chi connectivity index (χ2n) is 8.17. The Labute approximate surface area is 215 Å². The molecule has 0 saturated heterocycles. The lowest BCUT2D eigenvalue weighted by Crippen LogP contribution is -2.20. The molecule has 0 atom stereocenters. The van der Waals surface area contributed by atoms with Crippen LogP contribution in [-0.4, -0.2) is 28.3 Å². The maximum absolute atomic E-state index is 13.7. The number of anilines is 1. The van der Waals surface area contributed by atoms with Crippen LogP contribution in [0.25, 0.3) is 34.0 Å². The number of carbonyl (C=O) groups excluding carboxylic acids is 2. The van der Waals surface area contributed by atoms with Gasteiger partial charge in [-0.3, -0.25) is 4.79 Å². The molecule has 8 nitrogen and oxygen atoms in total. The van der Waals surface area contributed by atoms with Crippen molar-refractivity contribution in [3.05, 3.63) is 119 Å². The first-order valence-electron chi connectivity index (χ1n) is 11.6. The number of hydrogen-bond donors (Lipinski definition) is 1. The van der Waals surface area contributed by atoms with E-state index in [1.54, 1.807) is 35.1 Å². The number of amides is 1. The molecule has 0 aliphatic heterocycles. The highest BCUT2D eigenvalue weighted by molar-refractivity contribution is 5.95. The molecule has 2 aromatic heterocycles. The van der Waals surface area contributed by atoms with Gasteiger partial charge in [0.15, 0.2) is 6.61 Å². The highest BCUT2D eigenvalue weighted by Crippen LogP contribution is 2.25. The molecule has 5 aromatic rings. The van der Waals surface area contributed by atoms with E-state index in [4.69, 9.17) is 9.15 Å². The standard InChI is InChI=1S/C29H20FN3O5/c30-23-11-5-6-12-24(23)31-26(34)18-37-27(35)15-14-20-17-33(21-9-2-1-3-10-21)32-28(20)22-16-19-8-4-7-13-25(19)38-29(22)36/h1-17H,18H2,(H,31,34). The lowest BCUT2D eigenvalue weighted by atomic mass is 10.1. The van der Waals surface area contributed by atoms with Crippen LogP contribution < -0.4 is 10.9 Å². The SMILES string of the molecule is O=C(COC(=O)C=Cc1cn(-c2ccccc2)nc1-c1cc2ccccc2oc1=O)Nc1ccccc1F. The van der Waals surface area contributed by atoms with E-state index in [0.29, 0.717) is 22.2 Å². The summed E-state index contributed by atoms with van der Waals surface area (Å²) in [6.07, 6.45) is 4.22. The summed E-state index contributed by atoms with van der Waals surface area (Å²) in [5.74, 6) is -2.10. The van der Waals surface area contributed by atoms with Gasteiger partial charge in [0, 0.05) is 23.2 Å². The number of nitrogens with one attached hydrogen (secondary N) is 1. The minimum Gasteiger partial charge on any atom is -0.452 e. The van der Waals surface area contributed by atoms with Crippen LogP contribution in [0.3, 0.4) is 0 Å². The molecule has 3 aromatic carbocycles. The van der Waals surface area contributed by atoms with Crippen LogP contribution in [0.5, 0.6) is 0 Å². The average Bonchev–Trinajstić information content (AvgIpc) is 3.36. The van der Waals surface area contributed by atoms with Gasteiger partial charge in [0.1, 0.15) is 17.1 Å². The monoisotopic (exact) mass is 509 g/mol. The minimum absolute atomic E-state index is 0.0173. The molecule has 0 spiro atoms. The topological polar surface area (TPSA) is 103 Å². The maximum atomic E-state index is 13.7. The second kappa shape index (κ2) is 10.8. The molecule has 5 rings (SSSR count). The Morgan fingerprint density at radius 3 is 2.55 bits per heavy atom. The summed E-state index contributed by atoms with van der Waals surface area (Å²) in [5.41, 5.74) is 1.55. The molecule has 2 heterocycles. The van der Waals surface area contributed by atoms with Crippen molar-refractivity contribution in [3.8, 4) is 16.9 Å². The van der Waals surface area contributed by atoms with Gasteiger partial charge in [0.25, 0.3) is 5.91 Å². The van der Waals surface area contributed by atoms with Crippen LogP contribution in [0.15, 0.2) is 106 Å². The van der Waals surface area contributed by atoms with Crippen molar-refractivity contribution in [2.45, 2.75) is 0 Å². The zero-order chi connectivity index (χ0) is 26.5. The number of aromatic nitrogens is 2. The van der Waals surface area contributed by atoms with Crippen molar-refractivity contribution >= 4 is 34.6 Å². The summed E-state index contributed by atoms with van der Waals surface area (Å²) in [6.45, 7) is -0.609. The number of benzene rings is 3. The zero-order valence-corrected chi connectivity index (χ0v) is 19.8. The second-order valence-corrected chi connectivity index (χ2v) is 8.17. The fourth-order valence-corrected chi connectivity index (χ4v) is 3.75. The number of nitrogens with zero attached hydrogens (tertiary/aromatic N) is 2. The molecule has 0 aliphatic rings. The quantitative estimate of drug-likeness (QED) is 0.189. The van der Waals surface area contributed by atoms with Crippen LogP contribution >= 0.6 is 0 Å². The van der Waals surface area contributed by atoms with Crippen LogP contribution in [0, 0.1) is 5.82 Å². The number of rotatable bonds is 7. The van der Waals surface area contributed by atoms with Gasteiger partial charge in [-0.15, -0.1) is 0 Å². The third kappa shape index (κ3) is 5.41. The lowest BCUT2D eigenvalue weighted by Gasteiger charge is -2.06. The highest BCUT2D eigenvalue weighted by atomic mass is 19.1. The van der Waals surface area contributed by atoms with E-state index in [2.05, 4.69) is 10.4 Å². The van der Waals surface area contributed by atoms with Crippen molar-refractivity contribution in [1.29, 1.82) is 0 Å². The fraction of sp³-hybridized carbons (Fsp3) is 0.0345. The Hall–Kier alpha value is -5.31. The van der Waals surface area contributed by atoms with E-state index < -0.39 is 29.9 Å². The largest absolute Gasteiger partial charge is 0.452 e. The summed E-state index contributed by atoms with van der Waals surface area (Å²) in [7, 11) is 0. The van der Waals surface area contributed by atoms with E-state index in [1.165, 1.54) is 24.3 Å². The van der Waals surface area contributed by atoms with Gasteiger partial charge in [0.2, 0.25) is 0 Å². The molecule has 0 radical (unpaired) electrons. The molecule has 0 bridgehead atoms. The summed E-state index contributed by atoms with van der Waals surface area (Å²) < 4.78 is 25.7. The number of halogens is 1. The van der Waals surface area contributed by atoms with E-state index in [-0.39, 0.29) is 11.3 Å². The van der Waals surface area contributed by atoms with Crippen LogP contribution in [-0.2, 0) is 14.3 Å². The molecule has 0 aliphatic carbocycles. The Morgan fingerprint density at radius 1 is 1.00 bits per heavy atom. The van der Waals surface area contributed by atoms with E-state index in [0.717, 1.165) is 11.8 Å². The third-order valence-electron chi connectivity index (χ3n) is 5.55. The van der Waals surface area contributed by atoms with Gasteiger partial charge in [-0.1, -0.05) is 48.5 Å². The molecule has 188 valence electrons. The van der Waals surface area contributed by atoms with Crippen molar-refractivity contribution in [1.82, 2.24) is 9.78 Å². The van der Waals surface area contributed by atoms with Gasteiger partial charge in [-0.2, -0.15) is 5.10 Å². The molecule has 38 heavy (non-hydrogen) atoms. The number of carbonyl (C=O) groups is 2. The Bertz CT molecular complexity index is 1720. The number of fused-ring (bicyclic) bond motifs is 1. The summed E-state index contributed by atoms with van der Waals surface area (Å²) in [4.78, 5) is 37.2. The summed E-state index contributed by atoms with van der Waals surface area (Å²) >= 11 is 0.